The number of pyridine rings is 1. The van der Waals surface area contributed by atoms with E-state index in [1.54, 1.807) is 4.90 Å². The van der Waals surface area contributed by atoms with Crippen LogP contribution in [0.2, 0.25) is 0 Å². The number of likely N-dealkylation sites (tertiary alicyclic amines) is 1. The fourth-order valence-electron chi connectivity index (χ4n) is 3.27. The van der Waals surface area contributed by atoms with E-state index in [4.69, 9.17) is 4.74 Å². The summed E-state index contributed by atoms with van der Waals surface area (Å²) < 4.78 is 4.81. The number of fused-ring (bicyclic) bond motifs is 1. The van der Waals surface area contributed by atoms with E-state index in [2.05, 4.69) is 43.0 Å². The van der Waals surface area contributed by atoms with Crippen molar-refractivity contribution in [2.24, 2.45) is 0 Å². The number of aromatic amines is 1. The minimum absolute atomic E-state index is 0.0873. The third-order valence-corrected chi connectivity index (χ3v) is 4.80. The van der Waals surface area contributed by atoms with Crippen LogP contribution in [0.4, 0.5) is 4.79 Å². The second kappa shape index (κ2) is 5.87. The van der Waals surface area contributed by atoms with E-state index in [9.17, 15) is 4.79 Å². The van der Waals surface area contributed by atoms with Gasteiger partial charge in [-0.1, -0.05) is 20.8 Å². The van der Waals surface area contributed by atoms with E-state index in [0.29, 0.717) is 5.92 Å². The molecule has 2 aromatic heterocycles. The Labute approximate surface area is 137 Å². The largest absolute Gasteiger partial charge is 0.453 e. The number of carbonyl (C=O) groups is 1. The number of amides is 1. The van der Waals surface area contributed by atoms with Gasteiger partial charge in [-0.15, -0.1) is 0 Å². The van der Waals surface area contributed by atoms with Gasteiger partial charge in [-0.3, -0.25) is 0 Å². The molecule has 1 fully saturated rings. The summed E-state index contributed by atoms with van der Waals surface area (Å²) in [5, 5.41) is 1.22. The topological polar surface area (TPSA) is 58.2 Å². The molecule has 0 atom stereocenters. The number of carbonyl (C=O) groups excluding carboxylic acids is 1. The van der Waals surface area contributed by atoms with Gasteiger partial charge in [-0.25, -0.2) is 9.78 Å². The van der Waals surface area contributed by atoms with Gasteiger partial charge in [0.1, 0.15) is 5.65 Å². The van der Waals surface area contributed by atoms with Crippen LogP contribution in [0.25, 0.3) is 11.0 Å². The van der Waals surface area contributed by atoms with Crippen molar-refractivity contribution in [1.29, 1.82) is 0 Å². The van der Waals surface area contributed by atoms with Crippen LogP contribution in [0.1, 0.15) is 50.7 Å². The summed E-state index contributed by atoms with van der Waals surface area (Å²) in [5.41, 5.74) is 3.61. The first-order valence-corrected chi connectivity index (χ1v) is 8.20. The number of ether oxygens (including phenoxy) is 1. The maximum Gasteiger partial charge on any atom is 0.409 e. The van der Waals surface area contributed by atoms with Gasteiger partial charge in [0, 0.05) is 30.9 Å². The molecule has 0 radical (unpaired) electrons. The molecule has 2 aromatic rings. The normalized spacial score (nSPS) is 16.8. The SMILES string of the molecule is COC(=O)N1CCC(c2c[nH]c3ncc(C(C)(C)C)cc23)CC1. The molecule has 0 bridgehead atoms. The molecule has 1 aliphatic rings. The number of piperidine rings is 1. The zero-order valence-electron chi connectivity index (χ0n) is 14.3. The Balaban J connectivity index is 1.85. The fraction of sp³-hybridized carbons (Fsp3) is 0.556. The highest BCUT2D eigenvalue weighted by atomic mass is 16.5. The molecule has 3 rings (SSSR count). The molecular weight excluding hydrogens is 290 g/mol. The zero-order valence-corrected chi connectivity index (χ0v) is 14.3. The average molecular weight is 315 g/mol. The predicted molar refractivity (Wildman–Crippen MR) is 90.7 cm³/mol. The average Bonchev–Trinajstić information content (AvgIpc) is 2.96. The molecule has 124 valence electrons. The Morgan fingerprint density at radius 2 is 2.04 bits per heavy atom. The van der Waals surface area contributed by atoms with Crippen LogP contribution >= 0.6 is 0 Å². The van der Waals surface area contributed by atoms with Gasteiger partial charge >= 0.3 is 6.09 Å². The van der Waals surface area contributed by atoms with Gasteiger partial charge in [-0.05, 0) is 41.4 Å². The van der Waals surface area contributed by atoms with Crippen molar-refractivity contribution < 1.29 is 9.53 Å². The van der Waals surface area contributed by atoms with E-state index < -0.39 is 0 Å². The molecule has 0 aliphatic carbocycles. The van der Waals surface area contributed by atoms with Crippen molar-refractivity contribution in [3.63, 3.8) is 0 Å². The summed E-state index contributed by atoms with van der Waals surface area (Å²) >= 11 is 0. The minimum Gasteiger partial charge on any atom is -0.453 e. The van der Waals surface area contributed by atoms with Crippen LogP contribution in [0.3, 0.4) is 0 Å². The maximum absolute atomic E-state index is 11.6. The van der Waals surface area contributed by atoms with Gasteiger partial charge in [0.2, 0.25) is 0 Å². The highest BCUT2D eigenvalue weighted by Gasteiger charge is 2.26. The highest BCUT2D eigenvalue weighted by Crippen LogP contribution is 2.34. The predicted octanol–water partition coefficient (Wildman–Crippen LogP) is 3.81. The lowest BCUT2D eigenvalue weighted by molar-refractivity contribution is 0.112. The summed E-state index contributed by atoms with van der Waals surface area (Å²) in [5.74, 6) is 0.460. The smallest absolute Gasteiger partial charge is 0.409 e. The van der Waals surface area contributed by atoms with Crippen molar-refractivity contribution in [2.45, 2.75) is 44.9 Å². The Morgan fingerprint density at radius 1 is 1.35 bits per heavy atom. The van der Waals surface area contributed by atoms with Gasteiger partial charge < -0.3 is 14.6 Å². The summed E-state index contributed by atoms with van der Waals surface area (Å²) in [4.78, 5) is 21.3. The van der Waals surface area contributed by atoms with Crippen LogP contribution in [-0.4, -0.2) is 41.2 Å². The molecule has 0 aromatic carbocycles. The van der Waals surface area contributed by atoms with Crippen LogP contribution in [0.5, 0.6) is 0 Å². The van der Waals surface area contributed by atoms with E-state index in [0.717, 1.165) is 31.6 Å². The van der Waals surface area contributed by atoms with Crippen molar-refractivity contribution in [3.05, 3.63) is 29.6 Å². The van der Waals surface area contributed by atoms with Crippen molar-refractivity contribution in [1.82, 2.24) is 14.9 Å². The van der Waals surface area contributed by atoms with Crippen molar-refractivity contribution in [3.8, 4) is 0 Å². The number of hydrogen-bond acceptors (Lipinski definition) is 3. The molecule has 5 nitrogen and oxygen atoms in total. The fourth-order valence-corrected chi connectivity index (χ4v) is 3.27. The van der Waals surface area contributed by atoms with E-state index in [1.165, 1.54) is 23.6 Å². The number of nitrogens with one attached hydrogen (secondary N) is 1. The van der Waals surface area contributed by atoms with Crippen molar-refractivity contribution in [2.75, 3.05) is 20.2 Å². The number of aromatic nitrogens is 2. The van der Waals surface area contributed by atoms with Gasteiger partial charge in [0.15, 0.2) is 0 Å². The lowest BCUT2D eigenvalue weighted by atomic mass is 9.85. The molecular formula is C18H25N3O2. The zero-order chi connectivity index (χ0) is 16.6. The molecule has 3 heterocycles. The maximum atomic E-state index is 11.6. The molecule has 23 heavy (non-hydrogen) atoms. The van der Waals surface area contributed by atoms with Gasteiger partial charge in [0.25, 0.3) is 0 Å². The minimum atomic E-state index is -0.223. The van der Waals surface area contributed by atoms with Crippen LogP contribution in [-0.2, 0) is 10.2 Å². The third kappa shape index (κ3) is 3.05. The van der Waals surface area contributed by atoms with Gasteiger partial charge in [0.05, 0.1) is 7.11 Å². The quantitative estimate of drug-likeness (QED) is 0.870. The highest BCUT2D eigenvalue weighted by molar-refractivity contribution is 5.81. The molecule has 1 amide bonds. The number of hydrogen-bond donors (Lipinski definition) is 1. The molecule has 1 N–H and O–H groups in total. The van der Waals surface area contributed by atoms with Gasteiger partial charge in [-0.2, -0.15) is 0 Å². The summed E-state index contributed by atoms with van der Waals surface area (Å²) in [6.45, 7) is 8.11. The molecule has 0 spiro atoms. The first-order chi connectivity index (χ1) is 10.9. The molecule has 1 aliphatic heterocycles. The Kier molecular flexibility index (Phi) is 4.04. The number of H-pyrrole nitrogens is 1. The van der Waals surface area contributed by atoms with Crippen LogP contribution in [0, 0.1) is 0 Å². The summed E-state index contributed by atoms with van der Waals surface area (Å²) in [7, 11) is 1.44. The molecule has 5 heteroatoms. The van der Waals surface area contributed by atoms with E-state index in [1.807, 2.05) is 6.20 Å². The van der Waals surface area contributed by atoms with Crippen molar-refractivity contribution >= 4 is 17.1 Å². The van der Waals surface area contributed by atoms with Crippen LogP contribution in [0.15, 0.2) is 18.5 Å². The lowest BCUT2D eigenvalue weighted by Gasteiger charge is -2.30. The number of nitrogens with zero attached hydrogens (tertiary/aromatic N) is 2. The second-order valence-electron chi connectivity index (χ2n) is 7.35. The molecule has 0 unspecified atom stereocenters. The first kappa shape index (κ1) is 15.8. The Hall–Kier alpha value is -2.04. The molecule has 0 saturated carbocycles. The Bertz CT molecular complexity index is 707. The van der Waals surface area contributed by atoms with Crippen LogP contribution < -0.4 is 0 Å². The number of rotatable bonds is 1. The first-order valence-electron chi connectivity index (χ1n) is 8.20. The lowest BCUT2D eigenvalue weighted by Crippen LogP contribution is -2.37. The molecule has 1 saturated heterocycles. The monoisotopic (exact) mass is 315 g/mol. The van der Waals surface area contributed by atoms with E-state index in [-0.39, 0.29) is 11.5 Å². The summed E-state index contributed by atoms with van der Waals surface area (Å²) in [6, 6.07) is 2.26. The summed E-state index contributed by atoms with van der Waals surface area (Å²) in [6.07, 6.45) is 5.74. The Morgan fingerprint density at radius 3 is 2.65 bits per heavy atom. The number of methoxy groups -OCH3 is 1. The second-order valence-corrected chi connectivity index (χ2v) is 7.35. The third-order valence-electron chi connectivity index (χ3n) is 4.80. The van der Waals surface area contributed by atoms with E-state index >= 15 is 0 Å². The standard InChI is InChI=1S/C18H25N3O2/c1-18(2,3)13-9-14-15(11-20-16(14)19-10-13)12-5-7-21(8-6-12)17(22)23-4/h9-12H,5-8H2,1-4H3,(H,19,20).